The van der Waals surface area contributed by atoms with Gasteiger partial charge in [0.15, 0.2) is 0 Å². The van der Waals surface area contributed by atoms with Crippen LogP contribution < -0.4 is 5.73 Å². The number of hydrogen-bond donors (Lipinski definition) is 4. The number of aliphatic carboxylic acids is 2. The SMILES string of the molecule is N[C@H](Cc1nc2ccc(F)cc2[nH]1)C(=O)O.O=C(O)C(F)(F)F. The Labute approximate surface area is 125 Å². The predicted octanol–water partition coefficient (Wildman–Crippen LogP) is 1.29. The first-order valence-electron chi connectivity index (χ1n) is 5.93. The molecule has 1 atom stereocenters. The van der Waals surface area contributed by atoms with Crippen LogP contribution in [0.15, 0.2) is 18.2 Å². The second-order valence-electron chi connectivity index (χ2n) is 4.30. The fourth-order valence-corrected chi connectivity index (χ4v) is 1.43. The van der Waals surface area contributed by atoms with E-state index in [9.17, 15) is 22.4 Å². The van der Waals surface area contributed by atoms with Gasteiger partial charge < -0.3 is 20.9 Å². The quantitative estimate of drug-likeness (QED) is 0.625. The smallest absolute Gasteiger partial charge is 0.480 e. The standard InChI is InChI=1S/C10H10FN3O2.C2HF3O2/c11-5-1-2-7-8(3-5)14-9(13-7)4-6(12)10(15)16;3-2(4,5)1(6)7/h1-3,6H,4,12H2,(H,13,14)(H,15,16);(H,6,7)/t6-;/m1./s1. The van der Waals surface area contributed by atoms with Gasteiger partial charge in [-0.1, -0.05) is 0 Å². The van der Waals surface area contributed by atoms with E-state index in [0.717, 1.165) is 0 Å². The van der Waals surface area contributed by atoms with Gasteiger partial charge in [-0.05, 0) is 18.2 Å². The maximum Gasteiger partial charge on any atom is 0.490 e. The number of hydrogen-bond acceptors (Lipinski definition) is 4. The molecule has 0 aliphatic carbocycles. The van der Waals surface area contributed by atoms with Crippen molar-refractivity contribution < 1.29 is 37.4 Å². The molecule has 0 radical (unpaired) electrons. The summed E-state index contributed by atoms with van der Waals surface area (Å²) in [6.07, 6.45) is -4.99. The minimum Gasteiger partial charge on any atom is -0.480 e. The van der Waals surface area contributed by atoms with Crippen molar-refractivity contribution in [3.8, 4) is 0 Å². The molecule has 0 amide bonds. The number of fused-ring (bicyclic) bond motifs is 1. The van der Waals surface area contributed by atoms with Crippen molar-refractivity contribution >= 4 is 23.0 Å². The second-order valence-corrected chi connectivity index (χ2v) is 4.30. The number of carboxylic acids is 2. The lowest BCUT2D eigenvalue weighted by Gasteiger charge is -2.01. The van der Waals surface area contributed by atoms with Crippen LogP contribution in [0.5, 0.6) is 0 Å². The Kier molecular flexibility index (Phi) is 5.62. The van der Waals surface area contributed by atoms with Crippen LogP contribution in [0.4, 0.5) is 17.6 Å². The Hall–Kier alpha value is -2.69. The maximum absolute atomic E-state index is 12.9. The van der Waals surface area contributed by atoms with Crippen LogP contribution in [0.1, 0.15) is 5.82 Å². The second kappa shape index (κ2) is 7.05. The van der Waals surface area contributed by atoms with Gasteiger partial charge in [-0.2, -0.15) is 13.2 Å². The van der Waals surface area contributed by atoms with Crippen LogP contribution in [0.3, 0.4) is 0 Å². The fraction of sp³-hybridized carbons (Fsp3) is 0.250. The number of nitrogens with two attached hydrogens (primary N) is 1. The molecule has 0 unspecified atom stereocenters. The molecular weight excluding hydrogens is 326 g/mol. The molecule has 0 bridgehead atoms. The molecule has 23 heavy (non-hydrogen) atoms. The van der Waals surface area contributed by atoms with Gasteiger partial charge in [0, 0.05) is 6.42 Å². The molecule has 0 saturated heterocycles. The van der Waals surface area contributed by atoms with Gasteiger partial charge >= 0.3 is 18.1 Å². The molecule has 7 nitrogen and oxygen atoms in total. The number of carboxylic acid groups (broad SMARTS) is 2. The summed E-state index contributed by atoms with van der Waals surface area (Å²) in [4.78, 5) is 26.4. The third kappa shape index (κ3) is 5.54. The molecule has 0 aliphatic rings. The summed E-state index contributed by atoms with van der Waals surface area (Å²) in [6, 6.07) is 3.12. The number of nitrogens with zero attached hydrogens (tertiary/aromatic N) is 1. The van der Waals surface area contributed by atoms with E-state index in [0.29, 0.717) is 16.9 Å². The predicted molar refractivity (Wildman–Crippen MR) is 69.1 cm³/mol. The van der Waals surface area contributed by atoms with Crippen molar-refractivity contribution in [3.05, 3.63) is 29.8 Å². The fourth-order valence-electron chi connectivity index (χ4n) is 1.43. The lowest BCUT2D eigenvalue weighted by molar-refractivity contribution is -0.192. The van der Waals surface area contributed by atoms with Gasteiger partial charge in [0.2, 0.25) is 0 Å². The number of rotatable bonds is 3. The molecule has 1 aromatic heterocycles. The first-order chi connectivity index (χ1) is 10.5. The zero-order valence-corrected chi connectivity index (χ0v) is 11.3. The summed E-state index contributed by atoms with van der Waals surface area (Å²) in [6.45, 7) is 0. The van der Waals surface area contributed by atoms with E-state index in [-0.39, 0.29) is 12.2 Å². The summed E-state index contributed by atoms with van der Waals surface area (Å²) in [7, 11) is 0. The number of alkyl halides is 3. The van der Waals surface area contributed by atoms with Crippen LogP contribution >= 0.6 is 0 Å². The lowest BCUT2D eigenvalue weighted by Crippen LogP contribution is -2.32. The Balaban J connectivity index is 0.000000322. The summed E-state index contributed by atoms with van der Waals surface area (Å²) >= 11 is 0. The topological polar surface area (TPSA) is 129 Å². The van der Waals surface area contributed by atoms with Gasteiger partial charge in [0.1, 0.15) is 17.7 Å². The van der Waals surface area contributed by atoms with Crippen molar-refractivity contribution in [2.24, 2.45) is 5.73 Å². The number of benzene rings is 1. The van der Waals surface area contributed by atoms with Crippen molar-refractivity contribution in [1.29, 1.82) is 0 Å². The third-order valence-electron chi connectivity index (χ3n) is 2.47. The van der Waals surface area contributed by atoms with E-state index >= 15 is 0 Å². The summed E-state index contributed by atoms with van der Waals surface area (Å²) in [5, 5.41) is 15.8. The average molecular weight is 337 g/mol. The monoisotopic (exact) mass is 337 g/mol. The van der Waals surface area contributed by atoms with Crippen LogP contribution in [-0.2, 0) is 16.0 Å². The molecule has 2 rings (SSSR count). The lowest BCUT2D eigenvalue weighted by atomic mass is 10.2. The zero-order valence-electron chi connectivity index (χ0n) is 11.3. The molecule has 0 saturated carbocycles. The summed E-state index contributed by atoms with van der Waals surface area (Å²) in [5.74, 6) is -3.78. The van der Waals surface area contributed by atoms with Gasteiger partial charge in [-0.15, -0.1) is 0 Å². The zero-order chi connectivity index (χ0) is 17.8. The first kappa shape index (κ1) is 18.4. The van der Waals surface area contributed by atoms with E-state index in [1.807, 2.05) is 0 Å². The molecule has 1 heterocycles. The molecule has 11 heteroatoms. The minimum absolute atomic E-state index is 0.0889. The molecule has 5 N–H and O–H groups in total. The van der Waals surface area contributed by atoms with Crippen molar-refractivity contribution in [2.75, 3.05) is 0 Å². The van der Waals surface area contributed by atoms with Crippen molar-refractivity contribution in [1.82, 2.24) is 9.97 Å². The molecule has 0 fully saturated rings. The van der Waals surface area contributed by atoms with Crippen molar-refractivity contribution in [3.63, 3.8) is 0 Å². The molecule has 2 aromatic rings. The van der Waals surface area contributed by atoms with E-state index < -0.39 is 24.2 Å². The van der Waals surface area contributed by atoms with Gasteiger partial charge in [-0.25, -0.2) is 14.2 Å². The first-order valence-corrected chi connectivity index (χ1v) is 5.93. The summed E-state index contributed by atoms with van der Waals surface area (Å²) < 4.78 is 44.6. The number of carbonyl (C=O) groups is 2. The highest BCUT2D eigenvalue weighted by Gasteiger charge is 2.38. The molecule has 0 aliphatic heterocycles. The van der Waals surface area contributed by atoms with Crippen LogP contribution in [-0.4, -0.2) is 44.3 Å². The highest BCUT2D eigenvalue weighted by Crippen LogP contribution is 2.14. The number of nitrogens with one attached hydrogen (secondary N) is 1. The Morgan fingerprint density at radius 3 is 2.35 bits per heavy atom. The van der Waals surface area contributed by atoms with Crippen LogP contribution in [0.25, 0.3) is 11.0 Å². The van der Waals surface area contributed by atoms with Crippen molar-refractivity contribution in [2.45, 2.75) is 18.6 Å². The Bertz CT molecular complexity index is 714. The van der Waals surface area contributed by atoms with E-state index in [2.05, 4.69) is 9.97 Å². The normalized spacial score (nSPS) is 12.4. The highest BCUT2D eigenvalue weighted by molar-refractivity contribution is 5.76. The molecule has 0 spiro atoms. The van der Waals surface area contributed by atoms with Gasteiger partial charge in [0.25, 0.3) is 0 Å². The highest BCUT2D eigenvalue weighted by atomic mass is 19.4. The number of imidazole rings is 1. The Morgan fingerprint density at radius 1 is 1.30 bits per heavy atom. The summed E-state index contributed by atoms with van der Waals surface area (Å²) in [5.41, 5.74) is 6.49. The Morgan fingerprint density at radius 2 is 1.87 bits per heavy atom. The third-order valence-corrected chi connectivity index (χ3v) is 2.47. The molecule has 126 valence electrons. The van der Waals surface area contributed by atoms with E-state index in [1.54, 1.807) is 0 Å². The number of aromatic amines is 1. The largest absolute Gasteiger partial charge is 0.490 e. The number of halogens is 4. The minimum atomic E-state index is -5.08. The number of aromatic nitrogens is 2. The number of H-pyrrole nitrogens is 1. The van der Waals surface area contributed by atoms with Crippen LogP contribution in [0, 0.1) is 5.82 Å². The van der Waals surface area contributed by atoms with E-state index in [4.69, 9.17) is 20.7 Å². The van der Waals surface area contributed by atoms with E-state index in [1.165, 1.54) is 18.2 Å². The van der Waals surface area contributed by atoms with Crippen LogP contribution in [0.2, 0.25) is 0 Å². The average Bonchev–Trinajstić information content (AvgIpc) is 2.79. The maximum atomic E-state index is 12.9. The molecule has 1 aromatic carbocycles. The van der Waals surface area contributed by atoms with Gasteiger partial charge in [-0.3, -0.25) is 4.79 Å². The molecular formula is C12H11F4N3O4. The van der Waals surface area contributed by atoms with Gasteiger partial charge in [0.05, 0.1) is 11.0 Å².